The van der Waals surface area contributed by atoms with Gasteiger partial charge in [0.15, 0.2) is 0 Å². The Hall–Kier alpha value is -2.44. The largest absolute Gasteiger partial charge is 0.326 e. The SMILES string of the molecule is C=C(C)c1ccc(NC(=O)C2CCN(S(=O)(=O)c3ccc(C)cc3C)CC2)cc1. The van der Waals surface area contributed by atoms with Crippen molar-refractivity contribution in [2.45, 2.75) is 38.5 Å². The number of sulfonamides is 1. The molecular weight excluding hydrogens is 384 g/mol. The van der Waals surface area contributed by atoms with Crippen molar-refractivity contribution in [2.24, 2.45) is 5.92 Å². The Morgan fingerprint density at radius 2 is 1.69 bits per heavy atom. The van der Waals surface area contributed by atoms with Gasteiger partial charge in [0.05, 0.1) is 4.90 Å². The monoisotopic (exact) mass is 412 g/mol. The number of carbonyl (C=O) groups is 1. The first-order chi connectivity index (χ1) is 13.7. The molecule has 2 aromatic rings. The fourth-order valence-electron chi connectivity index (χ4n) is 3.67. The van der Waals surface area contributed by atoms with Crippen LogP contribution < -0.4 is 5.32 Å². The Balaban J connectivity index is 1.62. The first kappa shape index (κ1) is 21.3. The Morgan fingerprint density at radius 1 is 1.07 bits per heavy atom. The summed E-state index contributed by atoms with van der Waals surface area (Å²) in [6, 6.07) is 13.0. The summed E-state index contributed by atoms with van der Waals surface area (Å²) < 4.78 is 27.5. The van der Waals surface area contributed by atoms with Gasteiger partial charge in [0, 0.05) is 24.7 Å². The number of allylic oxidation sites excluding steroid dienone is 1. The third-order valence-corrected chi connectivity index (χ3v) is 7.48. The second kappa shape index (κ2) is 8.51. The lowest BCUT2D eigenvalue weighted by atomic mass is 9.97. The van der Waals surface area contributed by atoms with Gasteiger partial charge in [-0.1, -0.05) is 42.0 Å². The number of piperidine rings is 1. The standard InChI is InChI=1S/C23H28N2O3S/c1-16(2)19-6-8-21(9-7-19)24-23(26)20-11-13-25(14-12-20)29(27,28)22-10-5-17(3)15-18(22)4/h5-10,15,20H,1,11-14H2,2-4H3,(H,24,26). The van der Waals surface area contributed by atoms with Crippen molar-refractivity contribution in [3.63, 3.8) is 0 Å². The summed E-state index contributed by atoms with van der Waals surface area (Å²) in [5.41, 5.74) is 4.54. The van der Waals surface area contributed by atoms with Crippen LogP contribution in [0.3, 0.4) is 0 Å². The minimum atomic E-state index is -3.54. The fraction of sp³-hybridized carbons (Fsp3) is 0.348. The molecule has 0 aromatic heterocycles. The maximum Gasteiger partial charge on any atom is 0.243 e. The third-order valence-electron chi connectivity index (χ3n) is 5.42. The molecule has 1 saturated heterocycles. The number of hydrogen-bond acceptors (Lipinski definition) is 3. The van der Waals surface area contributed by atoms with Crippen molar-refractivity contribution >= 4 is 27.2 Å². The quantitative estimate of drug-likeness (QED) is 0.793. The van der Waals surface area contributed by atoms with Crippen molar-refractivity contribution < 1.29 is 13.2 Å². The predicted molar refractivity (Wildman–Crippen MR) is 117 cm³/mol. The third kappa shape index (κ3) is 4.77. The molecule has 0 bridgehead atoms. The van der Waals surface area contributed by atoms with E-state index in [2.05, 4.69) is 11.9 Å². The molecule has 1 amide bonds. The van der Waals surface area contributed by atoms with Gasteiger partial charge in [-0.05, 0) is 62.9 Å². The number of nitrogens with one attached hydrogen (secondary N) is 1. The van der Waals surface area contributed by atoms with E-state index in [4.69, 9.17) is 0 Å². The van der Waals surface area contributed by atoms with Crippen molar-refractivity contribution in [1.29, 1.82) is 0 Å². The van der Waals surface area contributed by atoms with Crippen molar-refractivity contribution in [1.82, 2.24) is 4.31 Å². The molecule has 2 aromatic carbocycles. The number of carbonyl (C=O) groups excluding carboxylic acids is 1. The van der Waals surface area contributed by atoms with Crippen LogP contribution >= 0.6 is 0 Å². The van der Waals surface area contributed by atoms with Gasteiger partial charge in [-0.15, -0.1) is 0 Å². The second-order valence-electron chi connectivity index (χ2n) is 7.79. The normalized spacial score (nSPS) is 15.8. The van der Waals surface area contributed by atoms with Crippen LogP contribution in [-0.2, 0) is 14.8 Å². The minimum absolute atomic E-state index is 0.0587. The smallest absolute Gasteiger partial charge is 0.243 e. The highest BCUT2D eigenvalue weighted by atomic mass is 32.2. The number of amides is 1. The molecule has 0 saturated carbocycles. The number of nitrogens with zero attached hydrogens (tertiary/aromatic N) is 1. The highest BCUT2D eigenvalue weighted by Gasteiger charge is 2.32. The topological polar surface area (TPSA) is 66.5 Å². The maximum atomic E-state index is 13.0. The average Bonchev–Trinajstić information content (AvgIpc) is 2.68. The van der Waals surface area contributed by atoms with E-state index in [-0.39, 0.29) is 11.8 Å². The summed E-state index contributed by atoms with van der Waals surface area (Å²) in [6.45, 7) is 10.3. The van der Waals surface area contributed by atoms with Gasteiger partial charge in [-0.25, -0.2) is 8.42 Å². The minimum Gasteiger partial charge on any atom is -0.326 e. The van der Waals surface area contributed by atoms with Gasteiger partial charge in [0.25, 0.3) is 0 Å². The number of aryl methyl sites for hydroxylation is 2. The van der Waals surface area contributed by atoms with Crippen molar-refractivity contribution in [3.05, 3.63) is 65.7 Å². The molecule has 5 nitrogen and oxygen atoms in total. The molecule has 1 N–H and O–H groups in total. The number of hydrogen-bond donors (Lipinski definition) is 1. The molecule has 29 heavy (non-hydrogen) atoms. The zero-order valence-electron chi connectivity index (χ0n) is 17.2. The number of anilines is 1. The van der Waals surface area contributed by atoms with E-state index in [1.165, 1.54) is 4.31 Å². The zero-order valence-corrected chi connectivity index (χ0v) is 18.1. The van der Waals surface area contributed by atoms with Gasteiger partial charge < -0.3 is 5.32 Å². The van der Waals surface area contributed by atoms with Gasteiger partial charge in [-0.2, -0.15) is 4.31 Å². The molecule has 0 unspecified atom stereocenters. The highest BCUT2D eigenvalue weighted by Crippen LogP contribution is 2.27. The second-order valence-corrected chi connectivity index (χ2v) is 9.70. The average molecular weight is 413 g/mol. The van der Waals surface area contributed by atoms with E-state index < -0.39 is 10.0 Å². The van der Waals surface area contributed by atoms with E-state index in [0.717, 1.165) is 28.0 Å². The number of benzene rings is 2. The van der Waals surface area contributed by atoms with E-state index in [0.29, 0.717) is 30.8 Å². The molecule has 0 radical (unpaired) electrons. The lowest BCUT2D eigenvalue weighted by Crippen LogP contribution is -2.41. The first-order valence-electron chi connectivity index (χ1n) is 9.82. The predicted octanol–water partition coefficient (Wildman–Crippen LogP) is 4.38. The summed E-state index contributed by atoms with van der Waals surface area (Å²) in [5, 5.41) is 2.94. The van der Waals surface area contributed by atoms with E-state index in [1.54, 1.807) is 6.07 Å². The molecule has 0 aliphatic carbocycles. The highest BCUT2D eigenvalue weighted by molar-refractivity contribution is 7.89. The lowest BCUT2D eigenvalue weighted by Gasteiger charge is -2.31. The van der Waals surface area contributed by atoms with Crippen molar-refractivity contribution in [3.8, 4) is 0 Å². The molecule has 0 atom stereocenters. The molecule has 154 valence electrons. The molecule has 1 aliphatic heterocycles. The Bertz CT molecular complexity index is 1020. The Labute approximate surface area is 173 Å². The summed E-state index contributed by atoms with van der Waals surface area (Å²) in [5.74, 6) is -0.252. The van der Waals surface area contributed by atoms with Crippen LogP contribution in [0.1, 0.15) is 36.5 Å². The van der Waals surface area contributed by atoms with Crippen LogP contribution in [0.4, 0.5) is 5.69 Å². The molecule has 0 spiro atoms. The molecular formula is C23H28N2O3S. The van der Waals surface area contributed by atoms with Crippen LogP contribution in [0, 0.1) is 19.8 Å². The van der Waals surface area contributed by atoms with Crippen molar-refractivity contribution in [2.75, 3.05) is 18.4 Å². The van der Waals surface area contributed by atoms with E-state index in [1.807, 2.05) is 57.2 Å². The molecule has 1 heterocycles. The fourth-order valence-corrected chi connectivity index (χ4v) is 5.34. The Kier molecular flexibility index (Phi) is 6.24. The van der Waals surface area contributed by atoms with E-state index >= 15 is 0 Å². The summed E-state index contributed by atoms with van der Waals surface area (Å²) in [6.07, 6.45) is 1.03. The summed E-state index contributed by atoms with van der Waals surface area (Å²) in [7, 11) is -3.54. The van der Waals surface area contributed by atoms with Crippen LogP contribution in [0.2, 0.25) is 0 Å². The molecule has 6 heteroatoms. The van der Waals surface area contributed by atoms with Crippen LogP contribution in [0.25, 0.3) is 5.57 Å². The van der Waals surface area contributed by atoms with E-state index in [9.17, 15) is 13.2 Å². The van der Waals surface area contributed by atoms with Gasteiger partial charge in [0.2, 0.25) is 15.9 Å². The van der Waals surface area contributed by atoms with Gasteiger partial charge in [0.1, 0.15) is 0 Å². The molecule has 1 fully saturated rings. The van der Waals surface area contributed by atoms with Gasteiger partial charge in [-0.3, -0.25) is 4.79 Å². The summed E-state index contributed by atoms with van der Waals surface area (Å²) in [4.78, 5) is 13.0. The first-order valence-corrected chi connectivity index (χ1v) is 11.3. The van der Waals surface area contributed by atoms with Gasteiger partial charge >= 0.3 is 0 Å². The van der Waals surface area contributed by atoms with Crippen LogP contribution in [0.15, 0.2) is 53.9 Å². The molecule has 1 aliphatic rings. The number of rotatable bonds is 5. The Morgan fingerprint density at radius 3 is 2.24 bits per heavy atom. The van der Waals surface area contributed by atoms with Crippen LogP contribution in [0.5, 0.6) is 0 Å². The lowest BCUT2D eigenvalue weighted by molar-refractivity contribution is -0.120. The van der Waals surface area contributed by atoms with Crippen LogP contribution in [-0.4, -0.2) is 31.7 Å². The molecule has 3 rings (SSSR count). The summed E-state index contributed by atoms with van der Waals surface area (Å²) >= 11 is 0. The zero-order chi connectivity index (χ0) is 21.2. The maximum absolute atomic E-state index is 13.0.